The lowest BCUT2D eigenvalue weighted by Gasteiger charge is -2.39. The van der Waals surface area contributed by atoms with Gasteiger partial charge >= 0.3 is 0 Å². The fourth-order valence-electron chi connectivity index (χ4n) is 4.81. The number of morpholine rings is 1. The van der Waals surface area contributed by atoms with E-state index in [1.165, 1.54) is 12.8 Å². The summed E-state index contributed by atoms with van der Waals surface area (Å²) in [5.74, 6) is 0.296. The molecular formula is C16H28N2O2. The quantitative estimate of drug-likeness (QED) is 0.838. The van der Waals surface area contributed by atoms with Crippen molar-refractivity contribution in [1.29, 1.82) is 0 Å². The zero-order chi connectivity index (χ0) is 14.4. The van der Waals surface area contributed by atoms with Crippen LogP contribution in [0.25, 0.3) is 0 Å². The van der Waals surface area contributed by atoms with E-state index in [4.69, 9.17) is 4.74 Å². The summed E-state index contributed by atoms with van der Waals surface area (Å²) in [5, 5.41) is 3.30. The van der Waals surface area contributed by atoms with Crippen LogP contribution in [0.2, 0.25) is 0 Å². The van der Waals surface area contributed by atoms with Gasteiger partial charge in [0.15, 0.2) is 0 Å². The van der Waals surface area contributed by atoms with E-state index in [-0.39, 0.29) is 6.10 Å². The molecule has 2 bridgehead atoms. The molecule has 114 valence electrons. The van der Waals surface area contributed by atoms with Gasteiger partial charge in [-0.3, -0.25) is 4.79 Å². The van der Waals surface area contributed by atoms with Crippen LogP contribution in [0.1, 0.15) is 46.5 Å². The van der Waals surface area contributed by atoms with Crippen LogP contribution in [0.15, 0.2) is 0 Å². The van der Waals surface area contributed by atoms with Crippen molar-refractivity contribution in [2.75, 3.05) is 26.2 Å². The maximum Gasteiger partial charge on any atom is 0.225 e. The average Bonchev–Trinajstić information content (AvgIpc) is 2.60. The van der Waals surface area contributed by atoms with Crippen LogP contribution in [0, 0.1) is 10.8 Å². The van der Waals surface area contributed by atoms with E-state index in [1.807, 2.05) is 0 Å². The third-order valence-electron chi connectivity index (χ3n) is 5.14. The highest BCUT2D eigenvalue weighted by Gasteiger charge is 2.50. The monoisotopic (exact) mass is 280 g/mol. The average molecular weight is 280 g/mol. The first kappa shape index (κ1) is 14.3. The summed E-state index contributed by atoms with van der Waals surface area (Å²) in [6.07, 6.45) is 4.18. The van der Waals surface area contributed by atoms with Crippen molar-refractivity contribution in [2.24, 2.45) is 10.8 Å². The summed E-state index contributed by atoms with van der Waals surface area (Å²) in [7, 11) is 0. The molecule has 3 atom stereocenters. The van der Waals surface area contributed by atoms with Crippen molar-refractivity contribution in [3.63, 3.8) is 0 Å². The summed E-state index contributed by atoms with van der Waals surface area (Å²) < 4.78 is 5.68. The highest BCUT2D eigenvalue weighted by atomic mass is 16.5. The highest BCUT2D eigenvalue weighted by Crippen LogP contribution is 2.52. The Morgan fingerprint density at radius 1 is 1.35 bits per heavy atom. The molecule has 0 spiro atoms. The normalized spacial score (nSPS) is 39.9. The Bertz CT molecular complexity index is 390. The first-order chi connectivity index (χ1) is 9.37. The number of fused-ring (bicyclic) bond motifs is 2. The van der Waals surface area contributed by atoms with Gasteiger partial charge in [-0.2, -0.15) is 0 Å². The molecular weight excluding hydrogens is 252 g/mol. The number of nitrogens with zero attached hydrogens (tertiary/aromatic N) is 1. The molecule has 20 heavy (non-hydrogen) atoms. The van der Waals surface area contributed by atoms with Gasteiger partial charge in [-0.25, -0.2) is 0 Å². The Hall–Kier alpha value is -0.610. The summed E-state index contributed by atoms with van der Waals surface area (Å²) in [6.45, 7) is 10.4. The van der Waals surface area contributed by atoms with Gasteiger partial charge in [0.2, 0.25) is 5.91 Å². The predicted molar refractivity (Wildman–Crippen MR) is 78.5 cm³/mol. The van der Waals surface area contributed by atoms with E-state index in [9.17, 15) is 4.79 Å². The van der Waals surface area contributed by atoms with Crippen molar-refractivity contribution in [2.45, 2.75) is 58.6 Å². The second kappa shape index (κ2) is 4.99. The molecule has 1 saturated carbocycles. The van der Waals surface area contributed by atoms with E-state index in [0.717, 1.165) is 32.7 Å². The Labute approximate surface area is 122 Å². The van der Waals surface area contributed by atoms with Gasteiger partial charge < -0.3 is 15.0 Å². The number of carbonyl (C=O) groups excluding carboxylic acids is 1. The molecule has 3 rings (SSSR count). The zero-order valence-electron chi connectivity index (χ0n) is 13.1. The fraction of sp³-hybridized carbons (Fsp3) is 0.938. The molecule has 1 aliphatic carbocycles. The number of hydrogen-bond acceptors (Lipinski definition) is 3. The van der Waals surface area contributed by atoms with Gasteiger partial charge in [0.05, 0.1) is 19.1 Å². The Morgan fingerprint density at radius 3 is 2.85 bits per heavy atom. The largest absolute Gasteiger partial charge is 0.375 e. The molecule has 2 heterocycles. The minimum atomic E-state index is 0.0671. The maximum atomic E-state index is 12.6. The first-order valence-corrected chi connectivity index (χ1v) is 7.99. The molecule has 0 aromatic heterocycles. The van der Waals surface area contributed by atoms with Crippen LogP contribution in [0.5, 0.6) is 0 Å². The molecule has 0 aromatic rings. The van der Waals surface area contributed by atoms with Crippen molar-refractivity contribution in [3.05, 3.63) is 0 Å². The van der Waals surface area contributed by atoms with Gasteiger partial charge in [-0.05, 0) is 30.1 Å². The SMILES string of the molecule is CC1(C)CC2CC(C)(CN2C(=O)CC2CNCCO2)C1. The number of hydrogen-bond donors (Lipinski definition) is 1. The first-order valence-electron chi connectivity index (χ1n) is 7.99. The Balaban J connectivity index is 1.64. The molecule has 4 nitrogen and oxygen atoms in total. The molecule has 0 aromatic carbocycles. The van der Waals surface area contributed by atoms with Crippen molar-refractivity contribution in [3.8, 4) is 0 Å². The lowest BCUT2D eigenvalue weighted by molar-refractivity contribution is -0.135. The van der Waals surface area contributed by atoms with Gasteiger partial charge in [0, 0.05) is 25.7 Å². The minimum Gasteiger partial charge on any atom is -0.375 e. The van der Waals surface area contributed by atoms with Crippen molar-refractivity contribution < 1.29 is 9.53 Å². The molecule has 2 aliphatic heterocycles. The Morgan fingerprint density at radius 2 is 2.15 bits per heavy atom. The molecule has 2 saturated heterocycles. The lowest BCUT2D eigenvalue weighted by Crippen LogP contribution is -2.44. The summed E-state index contributed by atoms with van der Waals surface area (Å²) >= 11 is 0. The Kier molecular flexibility index (Phi) is 3.57. The highest BCUT2D eigenvalue weighted by molar-refractivity contribution is 5.77. The van der Waals surface area contributed by atoms with Crippen molar-refractivity contribution in [1.82, 2.24) is 10.2 Å². The van der Waals surface area contributed by atoms with Crippen LogP contribution >= 0.6 is 0 Å². The zero-order valence-corrected chi connectivity index (χ0v) is 13.1. The fourth-order valence-corrected chi connectivity index (χ4v) is 4.81. The number of likely N-dealkylation sites (tertiary alicyclic amines) is 1. The second-order valence-electron chi connectivity index (χ2n) is 8.14. The number of amides is 1. The molecule has 1 amide bonds. The number of nitrogens with one attached hydrogen (secondary N) is 1. The van der Waals surface area contributed by atoms with E-state index in [0.29, 0.717) is 29.2 Å². The number of carbonyl (C=O) groups is 1. The molecule has 4 heteroatoms. The summed E-state index contributed by atoms with van der Waals surface area (Å²) in [4.78, 5) is 14.8. The van der Waals surface area contributed by atoms with Crippen LogP contribution in [0.4, 0.5) is 0 Å². The van der Waals surface area contributed by atoms with E-state index >= 15 is 0 Å². The van der Waals surface area contributed by atoms with Crippen LogP contribution in [0.3, 0.4) is 0 Å². The van der Waals surface area contributed by atoms with Gasteiger partial charge in [0.1, 0.15) is 0 Å². The van der Waals surface area contributed by atoms with Crippen LogP contribution in [-0.2, 0) is 9.53 Å². The third-order valence-corrected chi connectivity index (χ3v) is 5.14. The molecule has 3 fully saturated rings. The van der Waals surface area contributed by atoms with Gasteiger partial charge in [-0.15, -0.1) is 0 Å². The summed E-state index contributed by atoms with van der Waals surface area (Å²) in [6, 6.07) is 0.452. The molecule has 0 radical (unpaired) electrons. The number of rotatable bonds is 2. The van der Waals surface area contributed by atoms with E-state index in [1.54, 1.807) is 0 Å². The smallest absolute Gasteiger partial charge is 0.225 e. The van der Waals surface area contributed by atoms with Crippen LogP contribution in [-0.4, -0.2) is 49.2 Å². The second-order valence-corrected chi connectivity index (χ2v) is 8.14. The topological polar surface area (TPSA) is 41.6 Å². The van der Waals surface area contributed by atoms with E-state index < -0.39 is 0 Å². The third kappa shape index (κ3) is 2.86. The molecule has 3 aliphatic rings. The standard InChI is InChI=1S/C16H28N2O2/c1-15(2)7-12-8-16(3,10-15)11-18(12)14(19)6-13-9-17-4-5-20-13/h12-13,17H,4-11H2,1-3H3. The molecule has 1 N–H and O–H groups in total. The maximum absolute atomic E-state index is 12.6. The van der Waals surface area contributed by atoms with E-state index in [2.05, 4.69) is 31.0 Å². The van der Waals surface area contributed by atoms with Crippen LogP contribution < -0.4 is 5.32 Å². The summed E-state index contributed by atoms with van der Waals surface area (Å²) in [5.41, 5.74) is 0.698. The predicted octanol–water partition coefficient (Wildman–Crippen LogP) is 1.79. The number of ether oxygens (including phenoxy) is 1. The van der Waals surface area contributed by atoms with Gasteiger partial charge in [0.25, 0.3) is 0 Å². The molecule has 3 unspecified atom stereocenters. The lowest BCUT2D eigenvalue weighted by atomic mass is 9.65. The minimum absolute atomic E-state index is 0.0671. The van der Waals surface area contributed by atoms with Gasteiger partial charge in [-0.1, -0.05) is 20.8 Å². The van der Waals surface area contributed by atoms with Crippen molar-refractivity contribution >= 4 is 5.91 Å².